The maximum Gasteiger partial charge on any atom is 0.416 e. The molecule has 0 spiro atoms. The van der Waals surface area contributed by atoms with Gasteiger partial charge in [-0.05, 0) is 94.1 Å². The first-order chi connectivity index (χ1) is 23.2. The highest BCUT2D eigenvalue weighted by atomic mass is 32.1. The van der Waals surface area contributed by atoms with E-state index in [1.807, 2.05) is 39.8 Å². The Labute approximate surface area is 288 Å². The van der Waals surface area contributed by atoms with E-state index in [-0.39, 0.29) is 33.4 Å². The fraction of sp³-hybridized carbons (Fsp3) is 0.211. The van der Waals surface area contributed by atoms with Crippen molar-refractivity contribution in [2.45, 2.75) is 50.9 Å². The second-order valence-electron chi connectivity index (χ2n) is 13.7. The zero-order valence-corrected chi connectivity index (χ0v) is 28.1. The molecule has 0 unspecified atom stereocenters. The van der Waals surface area contributed by atoms with Crippen LogP contribution in [0.2, 0.25) is 0 Å². The number of alkyl halides is 6. The molecule has 8 rings (SSSR count). The number of ketones is 4. The van der Waals surface area contributed by atoms with Crippen LogP contribution >= 0.6 is 22.7 Å². The quantitative estimate of drug-likeness (QED) is 0.118. The third kappa shape index (κ3) is 4.37. The number of carbonyl (C=O) groups is 4. The molecule has 0 radical (unpaired) electrons. The van der Waals surface area contributed by atoms with Gasteiger partial charge in [0.05, 0.1) is 11.1 Å². The van der Waals surface area contributed by atoms with E-state index in [0.29, 0.717) is 9.75 Å². The van der Waals surface area contributed by atoms with Crippen LogP contribution in [0.15, 0.2) is 48.5 Å². The summed E-state index contributed by atoms with van der Waals surface area (Å²) in [4.78, 5) is 54.3. The molecule has 4 aliphatic carbocycles. The van der Waals surface area contributed by atoms with Crippen molar-refractivity contribution < 1.29 is 45.5 Å². The standard InChI is InChI=1S/C38H22F6O4S2/c1-35(2)25-13-17(11-23-21-9-15(37(39,40)41)5-7-19(21)29(45)31(23)47)49-33(25)28-27(35)34-26(36(28,3)4)14-18(50-34)12-24-22-10-16(38(42,43)44)6-8-20(22)30(46)32(24)48/h5-14H,1-4H3/b23-11-,24-12-. The highest BCUT2D eigenvalue weighted by molar-refractivity contribution is 7.16. The number of halogens is 6. The van der Waals surface area contributed by atoms with Gasteiger partial charge in [0.2, 0.25) is 23.1 Å². The molecule has 50 heavy (non-hydrogen) atoms. The maximum atomic E-state index is 13.5. The van der Waals surface area contributed by atoms with Crippen molar-refractivity contribution in [3.63, 3.8) is 0 Å². The van der Waals surface area contributed by atoms with E-state index in [1.54, 1.807) is 0 Å². The number of allylic oxidation sites excluding steroid dienone is 4. The molecule has 252 valence electrons. The average Bonchev–Trinajstić information content (AvgIpc) is 3.82. The van der Waals surface area contributed by atoms with Crippen molar-refractivity contribution in [1.82, 2.24) is 0 Å². The predicted molar refractivity (Wildman–Crippen MR) is 179 cm³/mol. The number of benzene rings is 2. The molecule has 0 bridgehead atoms. The van der Waals surface area contributed by atoms with Gasteiger partial charge >= 0.3 is 12.4 Å². The summed E-state index contributed by atoms with van der Waals surface area (Å²) in [7, 11) is 0. The zero-order chi connectivity index (χ0) is 36.0. The van der Waals surface area contributed by atoms with Crippen molar-refractivity contribution >= 4 is 80.3 Å². The first-order valence-electron chi connectivity index (χ1n) is 15.3. The molecule has 0 saturated carbocycles. The Hall–Kier alpha value is -4.68. The second-order valence-corrected chi connectivity index (χ2v) is 15.9. The molecule has 0 aliphatic heterocycles. The number of hydrogen-bond donors (Lipinski definition) is 0. The van der Waals surface area contributed by atoms with Crippen LogP contribution in [0.4, 0.5) is 26.3 Å². The summed E-state index contributed by atoms with van der Waals surface area (Å²) in [6, 6.07) is 9.11. The molecule has 0 saturated heterocycles. The van der Waals surface area contributed by atoms with E-state index in [9.17, 15) is 45.5 Å². The maximum absolute atomic E-state index is 13.5. The minimum Gasteiger partial charge on any atom is -0.285 e. The van der Waals surface area contributed by atoms with Gasteiger partial charge in [0, 0.05) is 52.6 Å². The molecule has 4 aliphatic rings. The Balaban J connectivity index is 1.21. The lowest BCUT2D eigenvalue weighted by Gasteiger charge is -2.23. The summed E-state index contributed by atoms with van der Waals surface area (Å²) in [5.74, 6) is -3.43. The van der Waals surface area contributed by atoms with E-state index in [4.69, 9.17) is 0 Å². The minimum atomic E-state index is -4.65. The lowest BCUT2D eigenvalue weighted by molar-refractivity contribution is -0.138. The average molecular weight is 721 g/mol. The van der Waals surface area contributed by atoms with Gasteiger partial charge in [-0.25, -0.2) is 0 Å². The molecule has 2 heterocycles. The van der Waals surface area contributed by atoms with E-state index in [0.717, 1.165) is 68.4 Å². The Morgan fingerprint density at radius 3 is 1.22 bits per heavy atom. The topological polar surface area (TPSA) is 68.3 Å². The number of fused-ring (bicyclic) bond motifs is 6. The van der Waals surface area contributed by atoms with Crippen molar-refractivity contribution in [3.05, 3.63) is 113 Å². The molecule has 12 heteroatoms. The minimum absolute atomic E-state index is 0.0488. The molecule has 0 fully saturated rings. The van der Waals surface area contributed by atoms with Gasteiger partial charge < -0.3 is 0 Å². The van der Waals surface area contributed by atoms with Crippen molar-refractivity contribution in [2.75, 3.05) is 0 Å². The SMILES string of the molecule is CC1(C)C2=C(c3sc(/C=C4\C(=O)C(=O)c5ccc(C(F)(F)F)cc54)cc31)C(C)(C)c1cc(/C=C3\C(=O)C(=O)c4ccc(C(F)(F)F)cc43)sc12. The summed E-state index contributed by atoms with van der Waals surface area (Å²) in [6.45, 7) is 8.13. The molecule has 2 aromatic heterocycles. The molecular formula is C38H22F6O4S2. The van der Waals surface area contributed by atoms with Crippen LogP contribution in [-0.2, 0) is 32.8 Å². The van der Waals surface area contributed by atoms with Crippen LogP contribution < -0.4 is 0 Å². The molecule has 0 amide bonds. The largest absolute Gasteiger partial charge is 0.416 e. The third-order valence-electron chi connectivity index (χ3n) is 10.0. The van der Waals surface area contributed by atoms with Crippen LogP contribution in [0.5, 0.6) is 0 Å². The van der Waals surface area contributed by atoms with Crippen LogP contribution in [0.3, 0.4) is 0 Å². The van der Waals surface area contributed by atoms with Crippen LogP contribution in [0.25, 0.3) is 34.4 Å². The first-order valence-corrected chi connectivity index (χ1v) is 16.9. The van der Waals surface area contributed by atoms with Gasteiger partial charge in [-0.3, -0.25) is 19.2 Å². The first kappa shape index (κ1) is 32.5. The van der Waals surface area contributed by atoms with Crippen LogP contribution in [0.1, 0.15) is 101 Å². The van der Waals surface area contributed by atoms with Crippen LogP contribution in [0, 0.1) is 0 Å². The Morgan fingerprint density at radius 2 is 0.880 bits per heavy atom. The number of thiophene rings is 2. The zero-order valence-electron chi connectivity index (χ0n) is 26.5. The number of hydrogen-bond acceptors (Lipinski definition) is 6. The predicted octanol–water partition coefficient (Wildman–Crippen LogP) is 9.95. The van der Waals surface area contributed by atoms with Gasteiger partial charge in [-0.15, -0.1) is 22.7 Å². The summed E-state index contributed by atoms with van der Waals surface area (Å²) in [6.07, 6.45) is -6.34. The lowest BCUT2D eigenvalue weighted by atomic mass is 9.80. The molecule has 0 N–H and O–H groups in total. The summed E-state index contributed by atoms with van der Waals surface area (Å²) >= 11 is 2.75. The summed E-state index contributed by atoms with van der Waals surface area (Å²) in [5.41, 5.74) is 0.498. The van der Waals surface area contributed by atoms with Gasteiger partial charge in [-0.2, -0.15) is 26.3 Å². The second kappa shape index (κ2) is 9.97. The fourth-order valence-electron chi connectivity index (χ4n) is 7.54. The van der Waals surface area contributed by atoms with Gasteiger partial charge in [0.1, 0.15) is 0 Å². The highest BCUT2D eigenvalue weighted by Crippen LogP contribution is 2.66. The molecule has 4 nitrogen and oxygen atoms in total. The monoisotopic (exact) mass is 720 g/mol. The van der Waals surface area contributed by atoms with Gasteiger partial charge in [-0.1, -0.05) is 27.7 Å². The number of Topliss-reactive ketones (excluding diaryl/α,β-unsaturated/α-hetero) is 4. The third-order valence-corrected chi connectivity index (χ3v) is 12.2. The number of rotatable bonds is 2. The Bertz CT molecular complexity index is 2260. The molecule has 4 aromatic rings. The number of carbonyl (C=O) groups excluding carboxylic acids is 4. The Morgan fingerprint density at radius 1 is 0.520 bits per heavy atom. The van der Waals surface area contributed by atoms with Crippen molar-refractivity contribution in [3.8, 4) is 0 Å². The van der Waals surface area contributed by atoms with E-state index < -0.39 is 57.4 Å². The fourth-order valence-corrected chi connectivity index (χ4v) is 10.5. The van der Waals surface area contributed by atoms with Crippen molar-refractivity contribution in [1.29, 1.82) is 0 Å². The Kier molecular flexibility index (Phi) is 6.49. The van der Waals surface area contributed by atoms with Gasteiger partial charge in [0.15, 0.2) is 0 Å². The highest BCUT2D eigenvalue weighted by Gasteiger charge is 2.52. The van der Waals surface area contributed by atoms with E-state index >= 15 is 0 Å². The van der Waals surface area contributed by atoms with E-state index in [2.05, 4.69) is 0 Å². The normalized spacial score (nSPS) is 20.3. The molecule has 0 atom stereocenters. The summed E-state index contributed by atoms with van der Waals surface area (Å²) in [5, 5.41) is 0. The molecule has 2 aromatic carbocycles. The van der Waals surface area contributed by atoms with E-state index in [1.165, 1.54) is 34.8 Å². The summed E-state index contributed by atoms with van der Waals surface area (Å²) < 4.78 is 81.0. The van der Waals surface area contributed by atoms with Crippen molar-refractivity contribution in [2.24, 2.45) is 0 Å². The lowest BCUT2D eigenvalue weighted by Crippen LogP contribution is -2.16. The smallest absolute Gasteiger partial charge is 0.285 e. The van der Waals surface area contributed by atoms with Crippen LogP contribution in [-0.4, -0.2) is 23.1 Å². The van der Waals surface area contributed by atoms with Gasteiger partial charge in [0.25, 0.3) is 0 Å². The molecular weight excluding hydrogens is 699 g/mol.